The lowest BCUT2D eigenvalue weighted by Gasteiger charge is -2.10. The van der Waals surface area contributed by atoms with E-state index in [0.29, 0.717) is 22.2 Å². The van der Waals surface area contributed by atoms with Crippen molar-refractivity contribution >= 4 is 34.7 Å². The van der Waals surface area contributed by atoms with Crippen molar-refractivity contribution in [1.82, 2.24) is 14.6 Å². The smallest absolute Gasteiger partial charge is 0.416 e. The summed E-state index contributed by atoms with van der Waals surface area (Å²) < 4.78 is 45.6. The third-order valence-electron chi connectivity index (χ3n) is 5.50. The van der Waals surface area contributed by atoms with Crippen LogP contribution in [0.1, 0.15) is 34.0 Å². The average Bonchev–Trinajstić information content (AvgIpc) is 3.21. The molecule has 0 aliphatic rings. The first-order valence-electron chi connectivity index (χ1n) is 10.8. The predicted octanol–water partition coefficient (Wildman–Crippen LogP) is 5.18. The maximum absolute atomic E-state index is 13.0. The molecule has 11 heteroatoms. The second kappa shape index (κ2) is 9.98. The molecule has 0 saturated carbocycles. The van der Waals surface area contributed by atoms with Gasteiger partial charge in [-0.2, -0.15) is 18.3 Å². The van der Waals surface area contributed by atoms with Gasteiger partial charge >= 0.3 is 12.1 Å². The van der Waals surface area contributed by atoms with E-state index in [9.17, 15) is 22.8 Å². The number of anilines is 1. The highest BCUT2D eigenvalue weighted by atomic mass is 35.5. The molecule has 0 radical (unpaired) electrons. The number of halogens is 4. The Kier molecular flexibility index (Phi) is 6.98. The van der Waals surface area contributed by atoms with Crippen molar-refractivity contribution in [1.29, 1.82) is 0 Å². The molecule has 0 aliphatic carbocycles. The zero-order valence-electron chi connectivity index (χ0n) is 19.0. The number of fused-ring (bicyclic) bond motifs is 1. The van der Waals surface area contributed by atoms with Crippen LogP contribution >= 0.6 is 11.6 Å². The van der Waals surface area contributed by atoms with Crippen LogP contribution in [0.4, 0.5) is 19.0 Å². The van der Waals surface area contributed by atoms with Crippen LogP contribution in [0.3, 0.4) is 0 Å². The molecule has 4 rings (SSSR count). The van der Waals surface area contributed by atoms with Gasteiger partial charge in [0.2, 0.25) is 0 Å². The summed E-state index contributed by atoms with van der Waals surface area (Å²) >= 11 is 6.01. The summed E-state index contributed by atoms with van der Waals surface area (Å²) in [6.45, 7) is 1.88. The van der Waals surface area contributed by atoms with Gasteiger partial charge in [-0.1, -0.05) is 35.9 Å². The summed E-state index contributed by atoms with van der Waals surface area (Å²) in [6, 6.07) is 9.72. The van der Waals surface area contributed by atoms with Crippen LogP contribution < -0.4 is 5.73 Å². The summed E-state index contributed by atoms with van der Waals surface area (Å²) in [6.07, 6.45) is -2.00. The Morgan fingerprint density at radius 3 is 2.50 bits per heavy atom. The number of aromatic nitrogens is 3. The molecule has 2 aromatic carbocycles. The number of carbonyl (C=O) groups excluding carboxylic acids is 2. The van der Waals surface area contributed by atoms with E-state index in [1.807, 2.05) is 0 Å². The van der Waals surface area contributed by atoms with Crippen molar-refractivity contribution in [3.63, 3.8) is 0 Å². The van der Waals surface area contributed by atoms with Gasteiger partial charge < -0.3 is 10.5 Å². The largest absolute Gasteiger partial charge is 0.462 e. The Morgan fingerprint density at radius 1 is 1.11 bits per heavy atom. The molecule has 7 nitrogen and oxygen atoms in total. The van der Waals surface area contributed by atoms with Gasteiger partial charge in [0.15, 0.2) is 5.82 Å². The highest BCUT2D eigenvalue weighted by Crippen LogP contribution is 2.34. The zero-order valence-corrected chi connectivity index (χ0v) is 19.7. The van der Waals surface area contributed by atoms with E-state index >= 15 is 0 Å². The van der Waals surface area contributed by atoms with Gasteiger partial charge in [-0.05, 0) is 41.8 Å². The fourth-order valence-corrected chi connectivity index (χ4v) is 4.05. The molecule has 0 aliphatic heterocycles. The molecular formula is C25H20ClF3N4O3. The number of ether oxygens (including phenoxy) is 1. The lowest BCUT2D eigenvalue weighted by molar-refractivity contribution is -0.137. The maximum atomic E-state index is 13.0. The van der Waals surface area contributed by atoms with Crippen LogP contribution in [0, 0.1) is 0 Å². The first kappa shape index (κ1) is 25.2. The summed E-state index contributed by atoms with van der Waals surface area (Å²) in [4.78, 5) is 29.2. The average molecular weight is 517 g/mol. The Labute approximate surface area is 208 Å². The second-order valence-corrected chi connectivity index (χ2v) is 8.38. The summed E-state index contributed by atoms with van der Waals surface area (Å²) in [5, 5.41) is 4.20. The quantitative estimate of drug-likeness (QED) is 0.340. The number of nitrogens with zero attached hydrogens (tertiary/aromatic N) is 3. The predicted molar refractivity (Wildman–Crippen MR) is 128 cm³/mol. The van der Waals surface area contributed by atoms with Crippen LogP contribution in [-0.4, -0.2) is 33.0 Å². The number of esters is 1. The highest BCUT2D eigenvalue weighted by molar-refractivity contribution is 6.31. The molecule has 0 saturated heterocycles. The summed E-state index contributed by atoms with van der Waals surface area (Å²) in [5.41, 5.74) is 7.74. The first-order chi connectivity index (χ1) is 17.1. The molecule has 2 aromatic heterocycles. The molecule has 2 N–H and O–H groups in total. The van der Waals surface area contributed by atoms with E-state index in [0.717, 1.165) is 18.2 Å². The fraction of sp³-hybridized carbons (Fsp3) is 0.200. The van der Waals surface area contributed by atoms with Gasteiger partial charge in [-0.25, -0.2) is 14.3 Å². The third kappa shape index (κ3) is 5.18. The molecular weight excluding hydrogens is 497 g/mol. The highest BCUT2D eigenvalue weighted by Gasteiger charge is 2.31. The van der Waals surface area contributed by atoms with Gasteiger partial charge in [0, 0.05) is 29.6 Å². The molecule has 0 spiro atoms. The molecule has 2 heterocycles. The number of rotatable bonds is 7. The van der Waals surface area contributed by atoms with Crippen LogP contribution in [0.25, 0.3) is 16.6 Å². The number of carbonyl (C=O) groups is 2. The van der Waals surface area contributed by atoms with Crippen LogP contribution in [0.2, 0.25) is 5.02 Å². The van der Waals surface area contributed by atoms with Gasteiger partial charge in [0.25, 0.3) is 0 Å². The monoisotopic (exact) mass is 516 g/mol. The number of nitrogen functional groups attached to an aromatic ring is 1. The number of Topliss-reactive ketones (excluding diaryl/α,β-unsaturated/α-hetero) is 1. The summed E-state index contributed by atoms with van der Waals surface area (Å²) in [5.74, 6) is -0.675. The molecule has 186 valence electrons. The van der Waals surface area contributed by atoms with Crippen LogP contribution in [0.15, 0.2) is 55.0 Å². The lowest BCUT2D eigenvalue weighted by atomic mass is 9.97. The van der Waals surface area contributed by atoms with Crippen molar-refractivity contribution in [2.45, 2.75) is 25.9 Å². The van der Waals surface area contributed by atoms with Gasteiger partial charge in [0.1, 0.15) is 17.6 Å². The van der Waals surface area contributed by atoms with Crippen molar-refractivity contribution in [2.24, 2.45) is 0 Å². The van der Waals surface area contributed by atoms with Gasteiger partial charge in [-0.3, -0.25) is 4.79 Å². The molecule has 0 atom stereocenters. The second-order valence-electron chi connectivity index (χ2n) is 7.97. The molecule has 0 amide bonds. The summed E-state index contributed by atoms with van der Waals surface area (Å²) in [7, 11) is 0. The minimum absolute atomic E-state index is 0.0145. The number of hydrogen-bond acceptors (Lipinski definition) is 6. The van der Waals surface area contributed by atoms with E-state index in [2.05, 4.69) is 10.1 Å². The van der Waals surface area contributed by atoms with Crippen molar-refractivity contribution < 1.29 is 27.5 Å². The van der Waals surface area contributed by atoms with Gasteiger partial charge in [0.05, 0.1) is 17.7 Å². The maximum Gasteiger partial charge on any atom is 0.416 e. The van der Waals surface area contributed by atoms with Crippen molar-refractivity contribution in [3.05, 3.63) is 82.3 Å². The number of benzene rings is 2. The Hall–Kier alpha value is -3.92. The Balaban J connectivity index is 1.59. The van der Waals surface area contributed by atoms with Crippen molar-refractivity contribution in [3.8, 4) is 11.1 Å². The molecule has 4 aromatic rings. The van der Waals surface area contributed by atoms with E-state index in [4.69, 9.17) is 22.1 Å². The number of nitrogens with two attached hydrogens (primary N) is 1. The SMILES string of the molecule is CCOC(=O)c1cn2ncnc(N)c2c1-c1ccc(CC(=O)Cc2cc(C(F)(F)F)ccc2Cl)cc1. The number of ketones is 1. The number of hydrogen-bond donors (Lipinski definition) is 1. The molecule has 0 fully saturated rings. The van der Waals surface area contributed by atoms with Crippen molar-refractivity contribution in [2.75, 3.05) is 12.3 Å². The fourth-order valence-electron chi connectivity index (χ4n) is 3.87. The minimum atomic E-state index is -4.53. The van der Waals surface area contributed by atoms with E-state index < -0.39 is 17.7 Å². The minimum Gasteiger partial charge on any atom is -0.462 e. The topological polar surface area (TPSA) is 99.6 Å². The Bertz CT molecular complexity index is 1450. The van der Waals surface area contributed by atoms with Crippen LogP contribution in [-0.2, 0) is 28.5 Å². The normalized spacial score (nSPS) is 11.6. The molecule has 0 unspecified atom stereocenters. The number of alkyl halides is 3. The van der Waals surface area contributed by atoms with Gasteiger partial charge in [-0.15, -0.1) is 0 Å². The standard InChI is InChI=1S/C25H20ClF3N4O3/c1-2-36-24(35)19-12-33-22(23(30)31-13-32-33)21(19)15-5-3-14(4-6-15)9-18(34)11-16-10-17(25(27,28)29)7-8-20(16)26/h3-8,10,12-13H,2,9,11H2,1H3,(H2,30,31,32). The van der Waals surface area contributed by atoms with E-state index in [-0.39, 0.29) is 47.2 Å². The third-order valence-corrected chi connectivity index (χ3v) is 5.87. The Morgan fingerprint density at radius 2 is 1.83 bits per heavy atom. The lowest BCUT2D eigenvalue weighted by Crippen LogP contribution is -2.10. The molecule has 36 heavy (non-hydrogen) atoms. The van der Waals surface area contributed by atoms with E-state index in [1.54, 1.807) is 31.2 Å². The van der Waals surface area contributed by atoms with E-state index in [1.165, 1.54) is 17.0 Å². The zero-order chi connectivity index (χ0) is 26.0. The first-order valence-corrected chi connectivity index (χ1v) is 11.2. The van der Waals surface area contributed by atoms with Crippen LogP contribution in [0.5, 0.6) is 0 Å². The molecule has 0 bridgehead atoms.